The molecule has 5 N–H and O–H groups in total. The van der Waals surface area contributed by atoms with Crippen molar-refractivity contribution < 1.29 is 4.79 Å². The minimum atomic E-state index is -0.269. The van der Waals surface area contributed by atoms with Gasteiger partial charge in [-0.3, -0.25) is 4.79 Å². The lowest BCUT2D eigenvalue weighted by Crippen LogP contribution is -2.35. The molecule has 1 atom stereocenters. The minimum Gasteiger partial charge on any atom is -0.383 e. The number of nitrogens with one attached hydrogen (secondary N) is 1. The van der Waals surface area contributed by atoms with E-state index in [0.29, 0.717) is 22.7 Å². The molecular formula is C14H23N5OS. The SMILES string of the molecule is C[C@H](Sc1nc(N)cc(N)n1)C(=O)NCC1CCCCC1. The zero-order chi connectivity index (χ0) is 15.2. The van der Waals surface area contributed by atoms with Crippen molar-refractivity contribution in [3.05, 3.63) is 6.07 Å². The number of carbonyl (C=O) groups excluding carboxylic acids is 1. The highest BCUT2D eigenvalue weighted by Crippen LogP contribution is 2.24. The maximum absolute atomic E-state index is 12.1. The van der Waals surface area contributed by atoms with Gasteiger partial charge in [0.25, 0.3) is 0 Å². The Labute approximate surface area is 129 Å². The van der Waals surface area contributed by atoms with Crippen LogP contribution in [0.15, 0.2) is 11.2 Å². The first-order chi connectivity index (χ1) is 10.0. The molecular weight excluding hydrogens is 286 g/mol. The highest BCUT2D eigenvalue weighted by atomic mass is 32.2. The summed E-state index contributed by atoms with van der Waals surface area (Å²) in [7, 11) is 0. The third-order valence-electron chi connectivity index (χ3n) is 3.69. The van der Waals surface area contributed by atoms with Crippen molar-refractivity contribution in [1.29, 1.82) is 0 Å². The molecule has 116 valence electrons. The maximum atomic E-state index is 12.1. The van der Waals surface area contributed by atoms with Crippen LogP contribution in [0.2, 0.25) is 0 Å². The Kier molecular flexibility index (Phi) is 5.67. The molecule has 6 nitrogen and oxygen atoms in total. The molecule has 2 rings (SSSR count). The van der Waals surface area contributed by atoms with Crippen molar-refractivity contribution in [2.45, 2.75) is 49.4 Å². The van der Waals surface area contributed by atoms with Crippen LogP contribution in [0, 0.1) is 5.92 Å². The quantitative estimate of drug-likeness (QED) is 0.566. The molecule has 0 unspecified atom stereocenters. The topological polar surface area (TPSA) is 107 Å². The van der Waals surface area contributed by atoms with Gasteiger partial charge in [0.15, 0.2) is 5.16 Å². The monoisotopic (exact) mass is 309 g/mol. The lowest BCUT2D eigenvalue weighted by Gasteiger charge is -2.22. The van der Waals surface area contributed by atoms with Crippen LogP contribution in [0.3, 0.4) is 0 Å². The van der Waals surface area contributed by atoms with E-state index in [1.165, 1.54) is 49.9 Å². The first-order valence-corrected chi connectivity index (χ1v) is 8.27. The van der Waals surface area contributed by atoms with Gasteiger partial charge in [0.2, 0.25) is 5.91 Å². The Morgan fingerprint density at radius 3 is 2.57 bits per heavy atom. The van der Waals surface area contributed by atoms with E-state index in [4.69, 9.17) is 11.5 Å². The van der Waals surface area contributed by atoms with E-state index >= 15 is 0 Å². The average molecular weight is 309 g/mol. The predicted octanol–water partition coefficient (Wildman–Crippen LogP) is 1.82. The smallest absolute Gasteiger partial charge is 0.233 e. The van der Waals surface area contributed by atoms with Crippen molar-refractivity contribution in [2.75, 3.05) is 18.0 Å². The van der Waals surface area contributed by atoms with Gasteiger partial charge < -0.3 is 16.8 Å². The number of thioether (sulfide) groups is 1. The molecule has 0 aromatic carbocycles. The lowest BCUT2D eigenvalue weighted by atomic mass is 9.89. The van der Waals surface area contributed by atoms with Crippen LogP contribution in [0.4, 0.5) is 11.6 Å². The highest BCUT2D eigenvalue weighted by molar-refractivity contribution is 8.00. The predicted molar refractivity (Wildman–Crippen MR) is 85.8 cm³/mol. The van der Waals surface area contributed by atoms with Gasteiger partial charge in [-0.2, -0.15) is 0 Å². The van der Waals surface area contributed by atoms with E-state index in [-0.39, 0.29) is 11.2 Å². The third-order valence-corrected chi connectivity index (χ3v) is 4.65. The minimum absolute atomic E-state index is 0.00942. The molecule has 0 saturated heterocycles. The second-order valence-electron chi connectivity index (χ2n) is 5.51. The summed E-state index contributed by atoms with van der Waals surface area (Å²) < 4.78 is 0. The second kappa shape index (κ2) is 7.49. The standard InChI is InChI=1S/C14H23N5OS/c1-9(21-14-18-11(15)7-12(16)19-14)13(20)17-8-10-5-3-2-4-6-10/h7,9-10H,2-6,8H2,1H3,(H,17,20)(H4,15,16,18,19)/t9-/m0/s1. The van der Waals surface area contributed by atoms with E-state index in [2.05, 4.69) is 15.3 Å². The molecule has 1 saturated carbocycles. The van der Waals surface area contributed by atoms with E-state index in [9.17, 15) is 4.79 Å². The summed E-state index contributed by atoms with van der Waals surface area (Å²) >= 11 is 1.27. The van der Waals surface area contributed by atoms with Crippen molar-refractivity contribution >= 4 is 29.3 Å². The van der Waals surface area contributed by atoms with Gasteiger partial charge in [-0.05, 0) is 25.7 Å². The van der Waals surface area contributed by atoms with Crippen LogP contribution in [0.5, 0.6) is 0 Å². The first-order valence-electron chi connectivity index (χ1n) is 7.39. The molecule has 1 fully saturated rings. The molecule has 1 aliphatic rings. The molecule has 0 radical (unpaired) electrons. The number of nitrogens with two attached hydrogens (primary N) is 2. The number of nitrogen functional groups attached to an aromatic ring is 2. The largest absolute Gasteiger partial charge is 0.383 e. The molecule has 0 spiro atoms. The number of aromatic nitrogens is 2. The molecule has 1 amide bonds. The average Bonchev–Trinajstić information content (AvgIpc) is 2.44. The number of anilines is 2. The first kappa shape index (κ1) is 15.9. The van der Waals surface area contributed by atoms with Crippen LogP contribution in [-0.2, 0) is 4.79 Å². The summed E-state index contributed by atoms with van der Waals surface area (Å²) in [5.74, 6) is 1.27. The molecule has 1 aromatic heterocycles. The number of amides is 1. The number of hydrogen-bond donors (Lipinski definition) is 3. The number of rotatable bonds is 5. The summed E-state index contributed by atoms with van der Waals surface area (Å²) in [6.45, 7) is 2.60. The van der Waals surface area contributed by atoms with Gasteiger partial charge in [-0.15, -0.1) is 0 Å². The lowest BCUT2D eigenvalue weighted by molar-refractivity contribution is -0.120. The third kappa shape index (κ3) is 5.08. The van der Waals surface area contributed by atoms with E-state index in [1.54, 1.807) is 0 Å². The normalized spacial score (nSPS) is 17.4. The molecule has 0 aliphatic heterocycles. The van der Waals surface area contributed by atoms with Crippen LogP contribution in [-0.4, -0.2) is 27.7 Å². The fourth-order valence-corrected chi connectivity index (χ4v) is 3.33. The van der Waals surface area contributed by atoms with Gasteiger partial charge >= 0.3 is 0 Å². The fourth-order valence-electron chi connectivity index (χ4n) is 2.51. The Hall–Kier alpha value is -1.50. The Morgan fingerprint density at radius 2 is 1.95 bits per heavy atom. The molecule has 7 heteroatoms. The highest BCUT2D eigenvalue weighted by Gasteiger charge is 2.19. The van der Waals surface area contributed by atoms with Crippen LogP contribution in [0.25, 0.3) is 0 Å². The number of nitrogens with zero attached hydrogens (tertiary/aromatic N) is 2. The summed E-state index contributed by atoms with van der Waals surface area (Å²) in [6.07, 6.45) is 6.32. The molecule has 21 heavy (non-hydrogen) atoms. The fraction of sp³-hybridized carbons (Fsp3) is 0.643. The molecule has 0 bridgehead atoms. The van der Waals surface area contributed by atoms with Crippen molar-refractivity contribution in [2.24, 2.45) is 5.92 Å². The summed E-state index contributed by atoms with van der Waals surface area (Å²) in [4.78, 5) is 20.3. The van der Waals surface area contributed by atoms with Crippen LogP contribution >= 0.6 is 11.8 Å². The summed E-state index contributed by atoms with van der Waals surface area (Å²) in [5, 5.41) is 3.19. The Bertz CT molecular complexity index is 470. The molecule has 1 aromatic rings. The van der Waals surface area contributed by atoms with E-state index in [1.807, 2.05) is 6.92 Å². The Morgan fingerprint density at radius 1 is 1.33 bits per heavy atom. The molecule has 1 heterocycles. The zero-order valence-electron chi connectivity index (χ0n) is 12.3. The number of carbonyl (C=O) groups is 1. The molecule has 1 aliphatic carbocycles. The maximum Gasteiger partial charge on any atom is 0.233 e. The number of hydrogen-bond acceptors (Lipinski definition) is 6. The summed E-state index contributed by atoms with van der Waals surface area (Å²) in [5.41, 5.74) is 11.2. The second-order valence-corrected chi connectivity index (χ2v) is 6.82. The van der Waals surface area contributed by atoms with Crippen molar-refractivity contribution in [1.82, 2.24) is 15.3 Å². The van der Waals surface area contributed by atoms with Gasteiger partial charge in [0.1, 0.15) is 11.6 Å². The zero-order valence-corrected chi connectivity index (χ0v) is 13.2. The Balaban J connectivity index is 1.81. The van der Waals surface area contributed by atoms with E-state index in [0.717, 1.165) is 6.54 Å². The van der Waals surface area contributed by atoms with Crippen LogP contribution < -0.4 is 16.8 Å². The summed E-state index contributed by atoms with van der Waals surface area (Å²) in [6, 6.07) is 1.50. The van der Waals surface area contributed by atoms with Gasteiger partial charge in [-0.25, -0.2) is 9.97 Å². The van der Waals surface area contributed by atoms with Gasteiger partial charge in [0.05, 0.1) is 5.25 Å². The van der Waals surface area contributed by atoms with Crippen LogP contribution in [0.1, 0.15) is 39.0 Å². The van der Waals surface area contributed by atoms with Gasteiger partial charge in [-0.1, -0.05) is 31.0 Å². The van der Waals surface area contributed by atoms with Gasteiger partial charge in [0, 0.05) is 12.6 Å². The van der Waals surface area contributed by atoms with E-state index < -0.39 is 0 Å². The van der Waals surface area contributed by atoms with Crippen molar-refractivity contribution in [3.8, 4) is 0 Å². The van der Waals surface area contributed by atoms with Crippen molar-refractivity contribution in [3.63, 3.8) is 0 Å².